The number of carbonyl (C=O) groups excluding carboxylic acids is 1. The highest BCUT2D eigenvalue weighted by Gasteiger charge is 2.14. The van der Waals surface area contributed by atoms with Gasteiger partial charge in [-0.15, -0.1) is 0 Å². The fraction of sp³-hybridized carbons (Fsp3) is 0.217. The van der Waals surface area contributed by atoms with Crippen molar-refractivity contribution in [3.05, 3.63) is 81.2 Å². The zero-order chi connectivity index (χ0) is 20.8. The van der Waals surface area contributed by atoms with Gasteiger partial charge in [-0.2, -0.15) is 0 Å². The highest BCUT2D eigenvalue weighted by Crippen LogP contribution is 2.26. The van der Waals surface area contributed by atoms with Gasteiger partial charge in [-0.1, -0.05) is 12.1 Å². The molecular weight excluding hydrogens is 479 g/mol. The van der Waals surface area contributed by atoms with Crippen molar-refractivity contribution in [2.45, 2.75) is 26.9 Å². The third-order valence-corrected chi connectivity index (χ3v) is 4.98. The predicted molar refractivity (Wildman–Crippen MR) is 123 cm³/mol. The molecule has 1 aromatic heterocycles. The molecule has 1 N–H and O–H groups in total. The lowest BCUT2D eigenvalue weighted by molar-refractivity contribution is 0.0732. The van der Waals surface area contributed by atoms with Crippen LogP contribution < -0.4 is 10.1 Å². The van der Waals surface area contributed by atoms with Gasteiger partial charge < -0.3 is 14.8 Å². The first-order valence-corrected chi connectivity index (χ1v) is 10.5. The minimum Gasteiger partial charge on any atom is -0.457 e. The maximum absolute atomic E-state index is 12.7. The molecule has 0 saturated heterocycles. The van der Waals surface area contributed by atoms with Crippen molar-refractivity contribution in [2.75, 3.05) is 11.9 Å². The highest BCUT2D eigenvalue weighted by molar-refractivity contribution is 14.1. The summed E-state index contributed by atoms with van der Waals surface area (Å²) in [6.45, 7) is 6.34. The molecule has 29 heavy (non-hydrogen) atoms. The first-order chi connectivity index (χ1) is 14.0. The molecule has 1 unspecified atom stereocenters. The van der Waals surface area contributed by atoms with Gasteiger partial charge in [-0.25, -0.2) is 0 Å². The van der Waals surface area contributed by atoms with Gasteiger partial charge in [0.15, 0.2) is 0 Å². The molecule has 3 aromatic rings. The number of hydrogen-bond donors (Lipinski definition) is 1. The average molecular weight is 502 g/mol. The monoisotopic (exact) mass is 502 g/mol. The number of ether oxygens (including phenoxy) is 2. The van der Waals surface area contributed by atoms with E-state index >= 15 is 0 Å². The molecule has 0 saturated carbocycles. The third kappa shape index (κ3) is 5.77. The second kappa shape index (κ2) is 9.84. The Labute approximate surface area is 184 Å². The van der Waals surface area contributed by atoms with Crippen molar-refractivity contribution in [2.24, 2.45) is 0 Å². The number of anilines is 1. The van der Waals surface area contributed by atoms with Crippen LogP contribution in [0.5, 0.6) is 11.5 Å². The van der Waals surface area contributed by atoms with Crippen molar-refractivity contribution in [1.82, 2.24) is 4.98 Å². The number of pyridine rings is 1. The largest absolute Gasteiger partial charge is 0.457 e. The fourth-order valence-electron chi connectivity index (χ4n) is 2.88. The van der Waals surface area contributed by atoms with Gasteiger partial charge in [0.2, 0.25) is 0 Å². The summed E-state index contributed by atoms with van der Waals surface area (Å²) in [6.07, 6.45) is -0.106. The number of nitrogens with zero attached hydrogens (tertiary/aromatic N) is 1. The average Bonchev–Trinajstić information content (AvgIpc) is 2.68. The minimum atomic E-state index is -0.211. The van der Waals surface area contributed by atoms with E-state index in [9.17, 15) is 4.79 Å². The lowest BCUT2D eigenvalue weighted by atomic mass is 10.1. The molecule has 1 heterocycles. The number of benzene rings is 2. The van der Waals surface area contributed by atoms with E-state index in [1.54, 1.807) is 12.1 Å². The summed E-state index contributed by atoms with van der Waals surface area (Å²) >= 11 is 2.24. The normalized spacial score (nSPS) is 11.7. The number of carbonyl (C=O) groups is 1. The minimum absolute atomic E-state index is 0.106. The van der Waals surface area contributed by atoms with E-state index in [0.717, 1.165) is 15.0 Å². The van der Waals surface area contributed by atoms with Gasteiger partial charge in [0.05, 0.1) is 23.1 Å². The Morgan fingerprint density at radius 2 is 1.83 bits per heavy atom. The van der Waals surface area contributed by atoms with Gasteiger partial charge in [0.25, 0.3) is 5.91 Å². The molecule has 150 valence electrons. The molecule has 6 heteroatoms. The topological polar surface area (TPSA) is 60.5 Å². The SMILES string of the molecule is CCOC(C)c1ccc(C(=O)Nc2cccc(Oc3cccc(I)c3)c2)c(C)n1. The van der Waals surface area contributed by atoms with E-state index in [2.05, 4.69) is 32.9 Å². The van der Waals surface area contributed by atoms with Gasteiger partial charge >= 0.3 is 0 Å². The molecule has 0 aliphatic heterocycles. The number of aromatic nitrogens is 1. The van der Waals surface area contributed by atoms with Crippen LogP contribution in [0.3, 0.4) is 0 Å². The molecule has 1 amide bonds. The zero-order valence-electron chi connectivity index (χ0n) is 16.6. The Bertz CT molecular complexity index is 1010. The maximum Gasteiger partial charge on any atom is 0.257 e. The van der Waals surface area contributed by atoms with Crippen LogP contribution in [0, 0.1) is 10.5 Å². The molecule has 0 fully saturated rings. The van der Waals surface area contributed by atoms with E-state index in [4.69, 9.17) is 9.47 Å². The standard InChI is InChI=1S/C23H23IN2O3/c1-4-28-16(3)22-12-11-21(15(2)25-22)23(27)26-18-8-6-10-20(14-18)29-19-9-5-7-17(24)13-19/h5-14,16H,4H2,1-3H3,(H,26,27). The summed E-state index contributed by atoms with van der Waals surface area (Å²) in [5.41, 5.74) is 2.66. The van der Waals surface area contributed by atoms with Crippen LogP contribution >= 0.6 is 22.6 Å². The van der Waals surface area contributed by atoms with Crippen LogP contribution in [-0.4, -0.2) is 17.5 Å². The van der Waals surface area contributed by atoms with E-state index in [0.29, 0.717) is 29.3 Å². The van der Waals surface area contributed by atoms with Gasteiger partial charge in [-0.05, 0) is 85.8 Å². The Kier molecular flexibility index (Phi) is 7.22. The molecule has 0 aliphatic carbocycles. The Hall–Kier alpha value is -2.45. The van der Waals surface area contributed by atoms with Crippen molar-refractivity contribution in [1.29, 1.82) is 0 Å². The van der Waals surface area contributed by atoms with Crippen LogP contribution in [-0.2, 0) is 4.74 Å². The van der Waals surface area contributed by atoms with E-state index in [-0.39, 0.29) is 12.0 Å². The lowest BCUT2D eigenvalue weighted by Crippen LogP contribution is -2.15. The number of hydrogen-bond acceptors (Lipinski definition) is 4. The number of amides is 1. The van der Waals surface area contributed by atoms with Crippen molar-refractivity contribution >= 4 is 34.2 Å². The molecule has 5 nitrogen and oxygen atoms in total. The molecule has 0 radical (unpaired) electrons. The van der Waals surface area contributed by atoms with E-state index in [1.165, 1.54) is 0 Å². The molecule has 0 aliphatic rings. The summed E-state index contributed by atoms with van der Waals surface area (Å²) in [5.74, 6) is 1.19. The number of rotatable bonds is 7. The highest BCUT2D eigenvalue weighted by atomic mass is 127. The quantitative estimate of drug-likeness (QED) is 0.395. The number of halogens is 1. The summed E-state index contributed by atoms with van der Waals surface area (Å²) in [7, 11) is 0. The molecule has 0 spiro atoms. The molecular formula is C23H23IN2O3. The van der Waals surface area contributed by atoms with Crippen molar-refractivity contribution < 1.29 is 14.3 Å². The van der Waals surface area contributed by atoms with Gasteiger partial charge in [-0.3, -0.25) is 9.78 Å². The summed E-state index contributed by atoms with van der Waals surface area (Å²) in [6, 6.07) is 18.7. The smallest absolute Gasteiger partial charge is 0.257 e. The van der Waals surface area contributed by atoms with E-state index in [1.807, 2.05) is 69.3 Å². The van der Waals surface area contributed by atoms with E-state index < -0.39 is 0 Å². The second-order valence-corrected chi connectivity index (χ2v) is 7.75. The Morgan fingerprint density at radius 3 is 2.52 bits per heavy atom. The maximum atomic E-state index is 12.7. The van der Waals surface area contributed by atoms with Gasteiger partial charge in [0, 0.05) is 21.9 Å². The predicted octanol–water partition coefficient (Wildman–Crippen LogP) is 6.14. The molecule has 0 bridgehead atoms. The summed E-state index contributed by atoms with van der Waals surface area (Å²) < 4.78 is 12.6. The van der Waals surface area contributed by atoms with Crippen LogP contribution in [0.2, 0.25) is 0 Å². The van der Waals surface area contributed by atoms with Crippen LogP contribution in [0.1, 0.15) is 41.7 Å². The third-order valence-electron chi connectivity index (χ3n) is 4.31. The Balaban J connectivity index is 1.72. The first kappa shape index (κ1) is 21.3. The number of nitrogens with one attached hydrogen (secondary N) is 1. The van der Waals surface area contributed by atoms with Crippen molar-refractivity contribution in [3.8, 4) is 11.5 Å². The number of aryl methyl sites for hydroxylation is 1. The fourth-order valence-corrected chi connectivity index (χ4v) is 3.40. The molecule has 3 rings (SSSR count). The van der Waals surface area contributed by atoms with Crippen LogP contribution in [0.25, 0.3) is 0 Å². The first-order valence-electron chi connectivity index (χ1n) is 9.40. The Morgan fingerprint density at radius 1 is 1.10 bits per heavy atom. The second-order valence-electron chi connectivity index (χ2n) is 6.51. The molecule has 2 aromatic carbocycles. The van der Waals surface area contributed by atoms with Crippen molar-refractivity contribution in [3.63, 3.8) is 0 Å². The lowest BCUT2D eigenvalue weighted by Gasteiger charge is -2.14. The van der Waals surface area contributed by atoms with Gasteiger partial charge in [0.1, 0.15) is 11.5 Å². The van der Waals surface area contributed by atoms with Crippen LogP contribution in [0.15, 0.2) is 60.7 Å². The summed E-state index contributed by atoms with van der Waals surface area (Å²) in [4.78, 5) is 17.3. The molecule has 1 atom stereocenters. The van der Waals surface area contributed by atoms with Crippen LogP contribution in [0.4, 0.5) is 5.69 Å². The summed E-state index contributed by atoms with van der Waals surface area (Å²) in [5, 5.41) is 2.92. The zero-order valence-corrected chi connectivity index (χ0v) is 18.8.